The fourth-order valence-electron chi connectivity index (χ4n) is 2.74. The van der Waals surface area contributed by atoms with Crippen LogP contribution in [-0.4, -0.2) is 18.6 Å². The number of aryl methyl sites for hydroxylation is 1. The minimum absolute atomic E-state index is 0.185. The van der Waals surface area contributed by atoms with Gasteiger partial charge in [-0.15, -0.1) is 0 Å². The molecule has 1 fully saturated rings. The summed E-state index contributed by atoms with van der Waals surface area (Å²) in [6.45, 7) is 8.64. The number of nitrogens with two attached hydrogens (primary N) is 1. The Kier molecular flexibility index (Phi) is 2.94. The summed E-state index contributed by atoms with van der Waals surface area (Å²) in [5.41, 5.74) is 8.67. The highest BCUT2D eigenvalue weighted by atomic mass is 15.2. The van der Waals surface area contributed by atoms with E-state index in [-0.39, 0.29) is 5.54 Å². The van der Waals surface area contributed by atoms with Crippen LogP contribution >= 0.6 is 0 Å². The number of benzene rings is 1. The first kappa shape index (κ1) is 11.5. The molecule has 1 unspecified atom stereocenters. The molecule has 1 aliphatic heterocycles. The van der Waals surface area contributed by atoms with Gasteiger partial charge in [0, 0.05) is 17.8 Å². The van der Waals surface area contributed by atoms with E-state index in [1.807, 2.05) is 0 Å². The SMILES string of the molecule is Cc1ccc(N2CCC(CN)C2(C)C)cc1. The quantitative estimate of drug-likeness (QED) is 0.826. The van der Waals surface area contributed by atoms with Gasteiger partial charge in [-0.2, -0.15) is 0 Å². The van der Waals surface area contributed by atoms with Gasteiger partial charge in [-0.1, -0.05) is 17.7 Å². The lowest BCUT2D eigenvalue weighted by Gasteiger charge is -2.37. The van der Waals surface area contributed by atoms with Gasteiger partial charge in [-0.05, 0) is 51.8 Å². The minimum Gasteiger partial charge on any atom is -0.366 e. The molecule has 88 valence electrons. The van der Waals surface area contributed by atoms with Crippen molar-refractivity contribution in [1.29, 1.82) is 0 Å². The number of anilines is 1. The molecule has 2 nitrogen and oxygen atoms in total. The van der Waals surface area contributed by atoms with Crippen LogP contribution in [-0.2, 0) is 0 Å². The molecule has 1 aromatic rings. The van der Waals surface area contributed by atoms with Crippen molar-refractivity contribution >= 4 is 5.69 Å². The Hall–Kier alpha value is -1.02. The molecule has 2 rings (SSSR count). The molecule has 1 saturated heterocycles. The van der Waals surface area contributed by atoms with Gasteiger partial charge in [0.25, 0.3) is 0 Å². The third-order valence-corrected chi connectivity index (χ3v) is 4.03. The summed E-state index contributed by atoms with van der Waals surface area (Å²) in [4.78, 5) is 2.49. The van der Waals surface area contributed by atoms with Crippen molar-refractivity contribution < 1.29 is 0 Å². The topological polar surface area (TPSA) is 29.3 Å². The van der Waals surface area contributed by atoms with Gasteiger partial charge in [0.05, 0.1) is 0 Å². The second-order valence-electron chi connectivity index (χ2n) is 5.36. The fraction of sp³-hybridized carbons (Fsp3) is 0.571. The zero-order valence-electron chi connectivity index (χ0n) is 10.5. The van der Waals surface area contributed by atoms with E-state index in [4.69, 9.17) is 5.73 Å². The molecular weight excluding hydrogens is 196 g/mol. The van der Waals surface area contributed by atoms with Crippen LogP contribution < -0.4 is 10.6 Å². The van der Waals surface area contributed by atoms with E-state index in [0.717, 1.165) is 13.1 Å². The first-order chi connectivity index (χ1) is 7.55. The fourth-order valence-corrected chi connectivity index (χ4v) is 2.74. The zero-order chi connectivity index (χ0) is 11.8. The molecule has 0 saturated carbocycles. The number of hydrogen-bond donors (Lipinski definition) is 1. The van der Waals surface area contributed by atoms with Crippen molar-refractivity contribution in [2.24, 2.45) is 11.7 Å². The molecule has 2 heteroatoms. The normalized spacial score (nSPS) is 23.8. The van der Waals surface area contributed by atoms with E-state index in [1.54, 1.807) is 0 Å². The van der Waals surface area contributed by atoms with Crippen molar-refractivity contribution in [3.05, 3.63) is 29.8 Å². The predicted molar refractivity (Wildman–Crippen MR) is 69.8 cm³/mol. The largest absolute Gasteiger partial charge is 0.366 e. The minimum atomic E-state index is 0.185. The van der Waals surface area contributed by atoms with Crippen molar-refractivity contribution in [1.82, 2.24) is 0 Å². The summed E-state index contributed by atoms with van der Waals surface area (Å²) in [5.74, 6) is 0.605. The molecule has 0 spiro atoms. The summed E-state index contributed by atoms with van der Waals surface area (Å²) < 4.78 is 0. The van der Waals surface area contributed by atoms with Gasteiger partial charge in [-0.25, -0.2) is 0 Å². The van der Waals surface area contributed by atoms with E-state index in [9.17, 15) is 0 Å². The smallest absolute Gasteiger partial charge is 0.0386 e. The molecule has 0 bridgehead atoms. The number of hydrogen-bond acceptors (Lipinski definition) is 2. The molecule has 16 heavy (non-hydrogen) atoms. The van der Waals surface area contributed by atoms with Crippen molar-refractivity contribution in [2.75, 3.05) is 18.0 Å². The molecule has 0 aromatic heterocycles. The second-order valence-corrected chi connectivity index (χ2v) is 5.36. The molecule has 0 radical (unpaired) electrons. The van der Waals surface area contributed by atoms with Gasteiger partial charge >= 0.3 is 0 Å². The van der Waals surface area contributed by atoms with Gasteiger partial charge in [0.2, 0.25) is 0 Å². The molecule has 1 aromatic carbocycles. The lowest BCUT2D eigenvalue weighted by Crippen LogP contribution is -2.44. The maximum absolute atomic E-state index is 5.85. The van der Waals surface area contributed by atoms with Crippen LogP contribution in [0.5, 0.6) is 0 Å². The molecule has 1 heterocycles. The lowest BCUT2D eigenvalue weighted by molar-refractivity contribution is 0.374. The Balaban J connectivity index is 2.26. The highest BCUT2D eigenvalue weighted by molar-refractivity contribution is 5.51. The van der Waals surface area contributed by atoms with Crippen LogP contribution in [0.1, 0.15) is 25.8 Å². The first-order valence-corrected chi connectivity index (χ1v) is 6.10. The lowest BCUT2D eigenvalue weighted by atomic mass is 9.88. The maximum Gasteiger partial charge on any atom is 0.0386 e. The van der Waals surface area contributed by atoms with Gasteiger partial charge in [0.1, 0.15) is 0 Å². The maximum atomic E-state index is 5.85. The van der Waals surface area contributed by atoms with Crippen LogP contribution in [0.2, 0.25) is 0 Å². The highest BCUT2D eigenvalue weighted by Gasteiger charge is 2.40. The Morgan fingerprint density at radius 3 is 2.44 bits per heavy atom. The Labute approximate surface area is 98.4 Å². The molecule has 1 atom stereocenters. The van der Waals surface area contributed by atoms with E-state index in [2.05, 4.69) is 49.9 Å². The summed E-state index contributed by atoms with van der Waals surface area (Å²) in [7, 11) is 0. The standard InChI is InChI=1S/C14H22N2/c1-11-4-6-13(7-5-11)16-9-8-12(10-15)14(16,2)3/h4-7,12H,8-10,15H2,1-3H3. The van der Waals surface area contributed by atoms with Gasteiger partial charge < -0.3 is 10.6 Å². The summed E-state index contributed by atoms with van der Waals surface area (Å²) in [6, 6.07) is 8.80. The van der Waals surface area contributed by atoms with E-state index in [0.29, 0.717) is 5.92 Å². The molecular formula is C14H22N2. The average Bonchev–Trinajstić information content (AvgIpc) is 2.54. The first-order valence-electron chi connectivity index (χ1n) is 6.10. The van der Waals surface area contributed by atoms with Crippen molar-refractivity contribution in [3.63, 3.8) is 0 Å². The van der Waals surface area contributed by atoms with E-state index >= 15 is 0 Å². The summed E-state index contributed by atoms with van der Waals surface area (Å²) >= 11 is 0. The Bertz CT molecular complexity index is 354. The van der Waals surface area contributed by atoms with Crippen molar-refractivity contribution in [2.45, 2.75) is 32.7 Å². The summed E-state index contributed by atoms with van der Waals surface area (Å²) in [5, 5.41) is 0. The van der Waals surface area contributed by atoms with Crippen LogP contribution in [0.4, 0.5) is 5.69 Å². The monoisotopic (exact) mass is 218 g/mol. The molecule has 2 N–H and O–H groups in total. The van der Waals surface area contributed by atoms with Crippen LogP contribution in [0.3, 0.4) is 0 Å². The zero-order valence-corrected chi connectivity index (χ0v) is 10.5. The van der Waals surface area contributed by atoms with E-state index < -0.39 is 0 Å². The van der Waals surface area contributed by atoms with Gasteiger partial charge in [-0.3, -0.25) is 0 Å². The highest BCUT2D eigenvalue weighted by Crippen LogP contribution is 2.37. The summed E-state index contributed by atoms with van der Waals surface area (Å²) in [6.07, 6.45) is 1.21. The number of nitrogens with zero attached hydrogens (tertiary/aromatic N) is 1. The molecule has 0 amide bonds. The third-order valence-electron chi connectivity index (χ3n) is 4.03. The Morgan fingerprint density at radius 1 is 1.31 bits per heavy atom. The number of rotatable bonds is 2. The van der Waals surface area contributed by atoms with Crippen LogP contribution in [0.15, 0.2) is 24.3 Å². The van der Waals surface area contributed by atoms with Crippen LogP contribution in [0, 0.1) is 12.8 Å². The van der Waals surface area contributed by atoms with Crippen LogP contribution in [0.25, 0.3) is 0 Å². The molecule has 1 aliphatic rings. The predicted octanol–water partition coefficient (Wildman–Crippen LogP) is 2.56. The second kappa shape index (κ2) is 4.10. The average molecular weight is 218 g/mol. The van der Waals surface area contributed by atoms with Crippen molar-refractivity contribution in [3.8, 4) is 0 Å². The third kappa shape index (κ3) is 1.82. The van der Waals surface area contributed by atoms with Gasteiger partial charge in [0.15, 0.2) is 0 Å². The Morgan fingerprint density at radius 2 is 1.94 bits per heavy atom. The molecule has 0 aliphatic carbocycles. The van der Waals surface area contributed by atoms with E-state index in [1.165, 1.54) is 17.7 Å².